The molecule has 1 aliphatic carbocycles. The van der Waals surface area contributed by atoms with Crippen LogP contribution >= 0.6 is 11.6 Å². The largest absolute Gasteiger partial charge is 0.436 e. The minimum absolute atomic E-state index is 0.0520. The molecular weight excluding hydrogens is 827 g/mol. The quantitative estimate of drug-likeness (QED) is 0.145. The van der Waals surface area contributed by atoms with Gasteiger partial charge in [-0.1, -0.05) is 35.9 Å². The molecule has 3 fully saturated rings. The van der Waals surface area contributed by atoms with Crippen molar-refractivity contribution in [1.82, 2.24) is 24.5 Å². The molecule has 3 aromatic rings. The maximum atomic E-state index is 14.2. The van der Waals surface area contributed by atoms with E-state index in [1.54, 1.807) is 9.80 Å². The average molecular weight is 880 g/mol. The van der Waals surface area contributed by atoms with Crippen LogP contribution in [0.1, 0.15) is 59.9 Å². The fourth-order valence-corrected chi connectivity index (χ4v) is 9.87. The number of ether oxygens (including phenoxy) is 2. The standard InChI is InChI=1S/C45H53ClF3N7O6/c46-37-25-29(24-36(41(37)50)45(47,48)49)26-39(62-44(60)55-17-13-34(14-18-55)56-19-10-31-4-1-2-7-38(31)51-43(56)59)42(58)54-22-20-53(21-23-54)33-11-15-52(16-12-33)28-40(57)61-35-9-8-30-5-3-6-32(30)27-35/h1-2,4,7-9,24-25,27,33-34,39H,3,5-6,10-23,26,28,50H2,(H,51,59)/t39-/m1/s1. The summed E-state index contributed by atoms with van der Waals surface area (Å²) in [6.07, 6.45) is -0.783. The first kappa shape index (κ1) is 43.6. The first-order chi connectivity index (χ1) is 29.8. The van der Waals surface area contributed by atoms with Gasteiger partial charge in [0.05, 0.1) is 22.8 Å². The summed E-state index contributed by atoms with van der Waals surface area (Å²) >= 11 is 6.16. The van der Waals surface area contributed by atoms with E-state index in [0.717, 1.165) is 62.5 Å². The molecule has 8 rings (SSSR count). The van der Waals surface area contributed by atoms with Crippen LogP contribution in [0.3, 0.4) is 0 Å². The molecule has 0 spiro atoms. The summed E-state index contributed by atoms with van der Waals surface area (Å²) in [6, 6.07) is 15.6. The molecule has 4 amide bonds. The van der Waals surface area contributed by atoms with Gasteiger partial charge in [0, 0.05) is 83.1 Å². The predicted molar refractivity (Wildman–Crippen MR) is 227 cm³/mol. The lowest BCUT2D eigenvalue weighted by Crippen LogP contribution is -2.57. The molecule has 4 aliphatic heterocycles. The number of esters is 1. The van der Waals surface area contributed by atoms with Gasteiger partial charge in [0.1, 0.15) is 5.75 Å². The van der Waals surface area contributed by atoms with E-state index in [-0.39, 0.29) is 60.7 Å². The Hall–Kier alpha value is -5.06. The number of para-hydroxylation sites is 1. The van der Waals surface area contributed by atoms with Gasteiger partial charge in [-0.25, -0.2) is 9.59 Å². The summed E-state index contributed by atoms with van der Waals surface area (Å²) in [5.74, 6) is -0.199. The number of rotatable bonds is 9. The Labute approximate surface area is 364 Å². The fraction of sp³-hybridized carbons (Fsp3) is 0.511. The van der Waals surface area contributed by atoms with Crippen molar-refractivity contribution < 1.29 is 41.8 Å². The van der Waals surface area contributed by atoms with E-state index in [0.29, 0.717) is 57.7 Å². The number of nitrogens with two attached hydrogens (primary N) is 1. The second-order valence-electron chi connectivity index (χ2n) is 17.0. The third kappa shape index (κ3) is 10.1. The van der Waals surface area contributed by atoms with Crippen molar-refractivity contribution in [1.29, 1.82) is 0 Å². The number of amides is 4. The zero-order chi connectivity index (χ0) is 43.5. The van der Waals surface area contributed by atoms with E-state index >= 15 is 0 Å². The Bertz CT molecular complexity index is 2150. The zero-order valence-corrected chi connectivity index (χ0v) is 35.4. The van der Waals surface area contributed by atoms with Gasteiger partial charge in [0.25, 0.3) is 5.91 Å². The van der Waals surface area contributed by atoms with Gasteiger partial charge in [-0.15, -0.1) is 0 Å². The molecule has 3 N–H and O–H groups in total. The number of carbonyl (C=O) groups excluding carboxylic acids is 4. The van der Waals surface area contributed by atoms with Crippen LogP contribution in [0.4, 0.5) is 34.1 Å². The molecule has 0 unspecified atom stereocenters. The number of nitrogens with one attached hydrogen (secondary N) is 1. The Morgan fingerprint density at radius 1 is 0.806 bits per heavy atom. The first-order valence-corrected chi connectivity index (χ1v) is 22.0. The summed E-state index contributed by atoms with van der Waals surface area (Å²) in [4.78, 5) is 63.2. The lowest BCUT2D eigenvalue weighted by molar-refractivity contribution is -0.143. The van der Waals surface area contributed by atoms with Crippen LogP contribution in [0.2, 0.25) is 5.02 Å². The number of aryl methyl sites for hydroxylation is 2. The number of piperidine rings is 2. The first-order valence-electron chi connectivity index (χ1n) is 21.6. The highest BCUT2D eigenvalue weighted by Crippen LogP contribution is 2.38. The highest BCUT2D eigenvalue weighted by atomic mass is 35.5. The SMILES string of the molecule is Nc1c(Cl)cc(C[C@@H](OC(=O)N2CCC(N3CCc4ccccc4NC3=O)CC2)C(=O)N2CCN(C3CCN(CC(=O)Oc4ccc5c(c4)CCC5)CC3)CC2)cc1C(F)(F)F. The highest BCUT2D eigenvalue weighted by Gasteiger charge is 2.38. The van der Waals surface area contributed by atoms with Gasteiger partial charge in [-0.2, -0.15) is 13.2 Å². The minimum atomic E-state index is -4.80. The average Bonchev–Trinajstić information content (AvgIpc) is 3.66. The van der Waals surface area contributed by atoms with E-state index in [2.05, 4.69) is 15.1 Å². The summed E-state index contributed by atoms with van der Waals surface area (Å²) in [5.41, 5.74) is 8.41. The molecule has 332 valence electrons. The Balaban J connectivity index is 0.861. The number of hydrogen-bond acceptors (Lipinski definition) is 9. The van der Waals surface area contributed by atoms with E-state index in [4.69, 9.17) is 26.8 Å². The summed E-state index contributed by atoms with van der Waals surface area (Å²) in [6.45, 7) is 4.51. The smallest absolute Gasteiger partial charge is 0.418 e. The molecule has 4 heterocycles. The lowest BCUT2D eigenvalue weighted by Gasteiger charge is -2.43. The Morgan fingerprint density at radius 3 is 2.26 bits per heavy atom. The van der Waals surface area contributed by atoms with Crippen molar-refractivity contribution in [2.24, 2.45) is 0 Å². The number of piperazine rings is 1. The summed E-state index contributed by atoms with van der Waals surface area (Å²) < 4.78 is 53.4. The number of halogens is 4. The molecule has 3 saturated heterocycles. The monoisotopic (exact) mass is 879 g/mol. The van der Waals surface area contributed by atoms with Crippen molar-refractivity contribution in [2.45, 2.75) is 82.2 Å². The second-order valence-corrected chi connectivity index (χ2v) is 17.4. The van der Waals surface area contributed by atoms with E-state index in [1.165, 1.54) is 22.1 Å². The second kappa shape index (κ2) is 18.7. The number of carbonyl (C=O) groups is 4. The summed E-state index contributed by atoms with van der Waals surface area (Å²) in [7, 11) is 0. The molecule has 13 nitrogen and oxygen atoms in total. The molecule has 17 heteroatoms. The molecule has 62 heavy (non-hydrogen) atoms. The normalized spacial score (nSPS) is 19.9. The molecule has 5 aliphatic rings. The topological polar surface area (TPSA) is 141 Å². The third-order valence-corrected chi connectivity index (χ3v) is 13.4. The molecule has 0 bridgehead atoms. The van der Waals surface area contributed by atoms with Crippen molar-refractivity contribution in [3.63, 3.8) is 0 Å². The number of urea groups is 1. The van der Waals surface area contributed by atoms with Crippen LogP contribution in [0.5, 0.6) is 5.75 Å². The van der Waals surface area contributed by atoms with Gasteiger partial charge < -0.3 is 35.2 Å². The predicted octanol–water partition coefficient (Wildman–Crippen LogP) is 6.25. The molecule has 3 aromatic carbocycles. The minimum Gasteiger partial charge on any atom is -0.436 e. The number of nitrogens with zero attached hydrogens (tertiary/aromatic N) is 5. The third-order valence-electron chi connectivity index (χ3n) is 13.1. The maximum absolute atomic E-state index is 14.2. The molecule has 0 saturated carbocycles. The van der Waals surface area contributed by atoms with Crippen LogP contribution < -0.4 is 15.8 Å². The number of likely N-dealkylation sites (tertiary alicyclic amines) is 2. The zero-order valence-electron chi connectivity index (χ0n) is 34.6. The number of nitrogen functional groups attached to an aromatic ring is 1. The molecule has 1 atom stereocenters. The Morgan fingerprint density at radius 2 is 1.52 bits per heavy atom. The van der Waals surface area contributed by atoms with Crippen molar-refractivity contribution in [3.05, 3.63) is 87.4 Å². The molecule has 0 aromatic heterocycles. The van der Waals surface area contributed by atoms with E-state index < -0.39 is 35.5 Å². The number of hydrogen-bond donors (Lipinski definition) is 2. The van der Waals surface area contributed by atoms with Crippen LogP contribution in [0.25, 0.3) is 0 Å². The van der Waals surface area contributed by atoms with Crippen molar-refractivity contribution in [3.8, 4) is 5.75 Å². The molecular formula is C45H53ClF3N7O6. The Kier molecular flexibility index (Phi) is 13.2. The van der Waals surface area contributed by atoms with Gasteiger partial charge in [-0.3, -0.25) is 19.4 Å². The van der Waals surface area contributed by atoms with Crippen LogP contribution in [0, 0.1) is 0 Å². The number of fused-ring (bicyclic) bond motifs is 2. The van der Waals surface area contributed by atoms with Crippen LogP contribution in [-0.2, 0) is 46.2 Å². The number of benzene rings is 3. The van der Waals surface area contributed by atoms with Gasteiger partial charge in [0.2, 0.25) is 0 Å². The summed E-state index contributed by atoms with van der Waals surface area (Å²) in [5, 5.41) is 2.68. The maximum Gasteiger partial charge on any atom is 0.418 e. The van der Waals surface area contributed by atoms with Gasteiger partial charge in [0.15, 0.2) is 6.10 Å². The number of alkyl halides is 3. The molecule has 0 radical (unpaired) electrons. The van der Waals surface area contributed by atoms with E-state index in [1.807, 2.05) is 42.5 Å². The number of anilines is 2. The van der Waals surface area contributed by atoms with Crippen LogP contribution in [-0.4, -0.2) is 132 Å². The fourth-order valence-electron chi connectivity index (χ4n) is 9.63. The van der Waals surface area contributed by atoms with Crippen LogP contribution in [0.15, 0.2) is 54.6 Å². The van der Waals surface area contributed by atoms with Gasteiger partial charge >= 0.3 is 24.3 Å². The van der Waals surface area contributed by atoms with E-state index in [9.17, 15) is 32.3 Å². The lowest BCUT2D eigenvalue weighted by atomic mass is 10.0. The van der Waals surface area contributed by atoms with Gasteiger partial charge in [-0.05, 0) is 104 Å². The highest BCUT2D eigenvalue weighted by molar-refractivity contribution is 6.33. The van der Waals surface area contributed by atoms with Crippen molar-refractivity contribution in [2.75, 3.05) is 76.5 Å². The van der Waals surface area contributed by atoms with Crippen molar-refractivity contribution >= 4 is 47.0 Å².